The SMILES string of the molecule is Cc1cc2oc(=O)cc(COC(=O)[C@@H](C)N=C3NS(=O)(=O)c4ccccc43)c2cc1Cl. The maximum atomic E-state index is 12.5. The number of rotatable bonds is 4. The summed E-state index contributed by atoms with van der Waals surface area (Å²) in [4.78, 5) is 28.6. The maximum Gasteiger partial charge on any atom is 0.336 e. The van der Waals surface area contributed by atoms with Gasteiger partial charge in [0.15, 0.2) is 0 Å². The number of sulfonamides is 1. The van der Waals surface area contributed by atoms with Gasteiger partial charge in [0.1, 0.15) is 24.1 Å². The van der Waals surface area contributed by atoms with E-state index in [0.29, 0.717) is 27.1 Å². The van der Waals surface area contributed by atoms with Gasteiger partial charge in [-0.2, -0.15) is 0 Å². The molecule has 31 heavy (non-hydrogen) atoms. The smallest absolute Gasteiger partial charge is 0.336 e. The van der Waals surface area contributed by atoms with Crippen LogP contribution in [0.2, 0.25) is 5.02 Å². The van der Waals surface area contributed by atoms with Crippen LogP contribution in [0.5, 0.6) is 0 Å². The average molecular weight is 461 g/mol. The second-order valence-electron chi connectivity index (χ2n) is 7.05. The first-order chi connectivity index (χ1) is 14.7. The third kappa shape index (κ3) is 4.06. The molecule has 160 valence electrons. The molecule has 1 aliphatic rings. The fourth-order valence-corrected chi connectivity index (χ4v) is 4.62. The number of nitrogens with zero attached hydrogens (tertiary/aromatic N) is 1. The van der Waals surface area contributed by atoms with E-state index in [1.165, 1.54) is 19.1 Å². The largest absolute Gasteiger partial charge is 0.459 e. The maximum absolute atomic E-state index is 12.5. The third-order valence-electron chi connectivity index (χ3n) is 4.81. The van der Waals surface area contributed by atoms with Gasteiger partial charge in [-0.25, -0.2) is 18.0 Å². The van der Waals surface area contributed by atoms with Crippen molar-refractivity contribution in [2.24, 2.45) is 4.99 Å². The average Bonchev–Trinajstić information content (AvgIpc) is 2.97. The van der Waals surface area contributed by atoms with Crippen LogP contribution in [-0.2, 0) is 26.2 Å². The molecule has 0 amide bonds. The molecule has 0 saturated heterocycles. The number of carbonyl (C=O) groups excluding carboxylic acids is 1. The lowest BCUT2D eigenvalue weighted by molar-refractivity contribution is -0.145. The molecule has 1 aliphatic heterocycles. The van der Waals surface area contributed by atoms with Gasteiger partial charge in [0.05, 0.1) is 4.90 Å². The molecule has 10 heteroatoms. The molecule has 4 rings (SSSR count). The number of esters is 1. The molecule has 1 atom stereocenters. The summed E-state index contributed by atoms with van der Waals surface area (Å²) < 4.78 is 37.2. The van der Waals surface area contributed by atoms with Gasteiger partial charge in [-0.05, 0) is 43.7 Å². The number of aryl methyl sites for hydroxylation is 1. The highest BCUT2D eigenvalue weighted by Gasteiger charge is 2.31. The Morgan fingerprint density at radius 1 is 1.26 bits per heavy atom. The number of carbonyl (C=O) groups is 1. The molecule has 1 N–H and O–H groups in total. The van der Waals surface area contributed by atoms with Crippen molar-refractivity contribution in [1.82, 2.24) is 4.72 Å². The highest BCUT2D eigenvalue weighted by Crippen LogP contribution is 2.26. The number of nitrogens with one attached hydrogen (secondary N) is 1. The molecular weight excluding hydrogens is 444 g/mol. The minimum atomic E-state index is -3.71. The van der Waals surface area contributed by atoms with Crippen molar-refractivity contribution in [3.05, 3.63) is 74.6 Å². The first-order valence-corrected chi connectivity index (χ1v) is 11.1. The van der Waals surface area contributed by atoms with Crippen molar-refractivity contribution < 1.29 is 22.4 Å². The van der Waals surface area contributed by atoms with Crippen LogP contribution in [0.25, 0.3) is 11.0 Å². The third-order valence-corrected chi connectivity index (χ3v) is 6.61. The molecule has 0 radical (unpaired) electrons. The Labute approximate surface area is 182 Å². The van der Waals surface area contributed by atoms with Gasteiger partial charge in [0.2, 0.25) is 0 Å². The second kappa shape index (κ2) is 7.82. The van der Waals surface area contributed by atoms with Crippen LogP contribution < -0.4 is 10.3 Å². The predicted molar refractivity (Wildman–Crippen MR) is 115 cm³/mol. The molecular formula is C21H17ClN2O6S. The number of ether oxygens (including phenoxy) is 1. The number of hydrogen-bond acceptors (Lipinski definition) is 7. The van der Waals surface area contributed by atoms with Crippen molar-refractivity contribution in [3.63, 3.8) is 0 Å². The molecule has 0 saturated carbocycles. The zero-order chi connectivity index (χ0) is 22.3. The van der Waals surface area contributed by atoms with Crippen LogP contribution in [0.4, 0.5) is 0 Å². The highest BCUT2D eigenvalue weighted by molar-refractivity contribution is 7.90. The summed E-state index contributed by atoms with van der Waals surface area (Å²) in [6.07, 6.45) is 0. The van der Waals surface area contributed by atoms with Gasteiger partial charge in [0, 0.05) is 27.6 Å². The van der Waals surface area contributed by atoms with Crippen molar-refractivity contribution >= 4 is 44.4 Å². The number of fused-ring (bicyclic) bond motifs is 2. The predicted octanol–water partition coefficient (Wildman–Crippen LogP) is 2.93. The van der Waals surface area contributed by atoms with Crippen LogP contribution in [-0.4, -0.2) is 26.3 Å². The van der Waals surface area contributed by atoms with Crippen LogP contribution in [0.3, 0.4) is 0 Å². The van der Waals surface area contributed by atoms with Crippen molar-refractivity contribution in [3.8, 4) is 0 Å². The standard InChI is InChI=1S/C21H17ClN2O6S/c1-11-7-17-15(9-16(11)22)13(8-19(25)30-17)10-29-21(26)12(2)23-20-14-5-3-4-6-18(14)31(27,28)24-20/h3-9,12H,10H2,1-2H3,(H,23,24)/t12-/m1/s1. The Balaban J connectivity index is 1.56. The Morgan fingerprint density at radius 2 is 2.00 bits per heavy atom. The van der Waals surface area contributed by atoms with E-state index >= 15 is 0 Å². The number of benzene rings is 2. The molecule has 2 aromatic carbocycles. The van der Waals surface area contributed by atoms with Crippen LogP contribution in [0.15, 0.2) is 61.6 Å². The van der Waals surface area contributed by atoms with Crippen LogP contribution in [0, 0.1) is 6.92 Å². The van der Waals surface area contributed by atoms with Crippen molar-refractivity contribution in [2.75, 3.05) is 0 Å². The minimum Gasteiger partial charge on any atom is -0.459 e. The van der Waals surface area contributed by atoms with Gasteiger partial charge in [-0.15, -0.1) is 0 Å². The van der Waals surface area contributed by atoms with Gasteiger partial charge >= 0.3 is 11.6 Å². The van der Waals surface area contributed by atoms with Gasteiger partial charge < -0.3 is 9.15 Å². The zero-order valence-electron chi connectivity index (χ0n) is 16.5. The summed E-state index contributed by atoms with van der Waals surface area (Å²) in [5.74, 6) is -0.608. The van der Waals surface area contributed by atoms with E-state index in [1.54, 1.807) is 37.3 Å². The summed E-state index contributed by atoms with van der Waals surface area (Å²) in [7, 11) is -3.71. The molecule has 0 spiro atoms. The van der Waals surface area contributed by atoms with Crippen molar-refractivity contribution in [2.45, 2.75) is 31.4 Å². The molecule has 8 nitrogen and oxygen atoms in total. The van der Waals surface area contributed by atoms with Crippen LogP contribution >= 0.6 is 11.6 Å². The second-order valence-corrected chi connectivity index (χ2v) is 9.11. The number of halogens is 1. The lowest BCUT2D eigenvalue weighted by atomic mass is 10.1. The topological polar surface area (TPSA) is 115 Å². The molecule has 0 unspecified atom stereocenters. The lowest BCUT2D eigenvalue weighted by Crippen LogP contribution is -2.26. The van der Waals surface area contributed by atoms with E-state index in [9.17, 15) is 18.0 Å². The highest BCUT2D eigenvalue weighted by atomic mass is 35.5. The fraction of sp³-hybridized carbons (Fsp3) is 0.190. The molecule has 1 aromatic heterocycles. The molecule has 2 heterocycles. The summed E-state index contributed by atoms with van der Waals surface area (Å²) in [6.45, 7) is 3.07. The number of amidine groups is 1. The van der Waals surface area contributed by atoms with E-state index in [1.807, 2.05) is 0 Å². The number of hydrogen-bond donors (Lipinski definition) is 1. The normalized spacial score (nSPS) is 16.7. The Kier molecular flexibility index (Phi) is 5.32. The molecule has 0 bridgehead atoms. The Bertz CT molecular complexity index is 1410. The van der Waals surface area contributed by atoms with E-state index in [0.717, 1.165) is 5.56 Å². The first kappa shape index (κ1) is 21.1. The first-order valence-electron chi connectivity index (χ1n) is 9.25. The summed E-state index contributed by atoms with van der Waals surface area (Å²) in [5, 5.41) is 1.04. The van der Waals surface area contributed by atoms with Crippen molar-refractivity contribution in [1.29, 1.82) is 0 Å². The number of aliphatic imine (C=N–C) groups is 1. The lowest BCUT2D eigenvalue weighted by Gasteiger charge is -2.11. The Morgan fingerprint density at radius 3 is 2.77 bits per heavy atom. The van der Waals surface area contributed by atoms with E-state index in [2.05, 4.69) is 9.71 Å². The van der Waals surface area contributed by atoms with Gasteiger partial charge in [0.25, 0.3) is 10.0 Å². The summed E-state index contributed by atoms with van der Waals surface area (Å²) in [5.41, 5.74) is 1.33. The van der Waals surface area contributed by atoms with Crippen LogP contribution in [0.1, 0.15) is 23.6 Å². The monoisotopic (exact) mass is 460 g/mol. The Hall–Kier alpha value is -3.17. The molecule has 0 aliphatic carbocycles. The summed E-state index contributed by atoms with van der Waals surface area (Å²) >= 11 is 6.17. The molecule has 3 aromatic rings. The summed E-state index contributed by atoms with van der Waals surface area (Å²) in [6, 6.07) is 9.88. The quantitative estimate of drug-likeness (QED) is 0.473. The van der Waals surface area contributed by atoms with E-state index < -0.39 is 27.7 Å². The van der Waals surface area contributed by atoms with Gasteiger partial charge in [-0.1, -0.05) is 23.7 Å². The van der Waals surface area contributed by atoms with Gasteiger partial charge in [-0.3, -0.25) is 9.71 Å². The zero-order valence-corrected chi connectivity index (χ0v) is 18.1. The minimum absolute atomic E-state index is 0.0770. The molecule has 0 fully saturated rings. The van der Waals surface area contributed by atoms with E-state index in [-0.39, 0.29) is 17.3 Å². The van der Waals surface area contributed by atoms with E-state index in [4.69, 9.17) is 20.8 Å². The fourth-order valence-electron chi connectivity index (χ4n) is 3.21.